The van der Waals surface area contributed by atoms with Crippen LogP contribution < -0.4 is 10.6 Å². The number of hydrogen-bond acceptors (Lipinski definition) is 2. The van der Waals surface area contributed by atoms with Crippen molar-refractivity contribution in [3.8, 4) is 0 Å². The molecule has 108 valence electrons. The van der Waals surface area contributed by atoms with Crippen molar-refractivity contribution in [2.45, 2.75) is 46.1 Å². The summed E-state index contributed by atoms with van der Waals surface area (Å²) in [6.45, 7) is 8.92. The fourth-order valence-corrected chi connectivity index (χ4v) is 2.10. The zero-order valence-electron chi connectivity index (χ0n) is 11.8. The molecule has 0 spiro atoms. The Labute approximate surface area is 128 Å². The minimum atomic E-state index is -0.129. The summed E-state index contributed by atoms with van der Waals surface area (Å²) in [5.74, 6) is 1.83. The largest absolute Gasteiger partial charge is 0.393 e. The Morgan fingerprint density at radius 1 is 1.33 bits per heavy atom. The molecule has 0 saturated heterocycles. The SMILES string of the molecule is CCNC(=NCC(C)C)NCC1CCCC1O.I. The Morgan fingerprint density at radius 3 is 2.56 bits per heavy atom. The maximum atomic E-state index is 9.75. The van der Waals surface area contributed by atoms with Crippen LogP contribution in [0.1, 0.15) is 40.0 Å². The highest BCUT2D eigenvalue weighted by atomic mass is 127. The van der Waals surface area contributed by atoms with E-state index >= 15 is 0 Å². The van der Waals surface area contributed by atoms with Crippen LogP contribution in [0.15, 0.2) is 4.99 Å². The molecule has 1 aliphatic rings. The molecule has 3 N–H and O–H groups in total. The number of aliphatic hydroxyl groups is 1. The van der Waals surface area contributed by atoms with Crippen molar-refractivity contribution in [1.29, 1.82) is 0 Å². The summed E-state index contributed by atoms with van der Waals surface area (Å²) in [4.78, 5) is 4.51. The molecule has 0 aromatic carbocycles. The van der Waals surface area contributed by atoms with Crippen LogP contribution in [0.4, 0.5) is 0 Å². The summed E-state index contributed by atoms with van der Waals surface area (Å²) in [6, 6.07) is 0. The van der Waals surface area contributed by atoms with Gasteiger partial charge in [0, 0.05) is 25.6 Å². The maximum Gasteiger partial charge on any atom is 0.191 e. The Hall–Kier alpha value is -0.0400. The van der Waals surface area contributed by atoms with Gasteiger partial charge in [0.15, 0.2) is 5.96 Å². The van der Waals surface area contributed by atoms with Gasteiger partial charge in [0.25, 0.3) is 0 Å². The lowest BCUT2D eigenvalue weighted by molar-refractivity contribution is 0.134. The Bertz CT molecular complexity index is 246. The lowest BCUT2D eigenvalue weighted by Crippen LogP contribution is -2.41. The second-order valence-corrected chi connectivity index (χ2v) is 5.25. The van der Waals surface area contributed by atoms with Crippen molar-refractivity contribution in [3.63, 3.8) is 0 Å². The molecule has 18 heavy (non-hydrogen) atoms. The van der Waals surface area contributed by atoms with Gasteiger partial charge >= 0.3 is 0 Å². The van der Waals surface area contributed by atoms with Gasteiger partial charge < -0.3 is 15.7 Å². The zero-order valence-corrected chi connectivity index (χ0v) is 14.1. The summed E-state index contributed by atoms with van der Waals surface area (Å²) in [5, 5.41) is 16.3. The van der Waals surface area contributed by atoms with Crippen molar-refractivity contribution >= 4 is 29.9 Å². The fraction of sp³-hybridized carbons (Fsp3) is 0.923. The van der Waals surface area contributed by atoms with Gasteiger partial charge in [-0.2, -0.15) is 0 Å². The number of aliphatic hydroxyl groups excluding tert-OH is 1. The Balaban J connectivity index is 0.00000289. The van der Waals surface area contributed by atoms with Crippen LogP contribution in [0.25, 0.3) is 0 Å². The third-order valence-corrected chi connectivity index (χ3v) is 3.11. The molecule has 1 rings (SSSR count). The first-order valence-corrected chi connectivity index (χ1v) is 6.83. The smallest absolute Gasteiger partial charge is 0.191 e. The van der Waals surface area contributed by atoms with Gasteiger partial charge in [0.2, 0.25) is 0 Å². The average molecular weight is 369 g/mol. The third-order valence-electron chi connectivity index (χ3n) is 3.11. The standard InChI is InChI=1S/C13H27N3O.HI/c1-4-14-13(15-8-10(2)3)16-9-11-6-5-7-12(11)17;/h10-12,17H,4-9H2,1-3H3,(H2,14,15,16);1H. The quantitative estimate of drug-likeness (QED) is 0.395. The third kappa shape index (κ3) is 6.78. The minimum Gasteiger partial charge on any atom is -0.393 e. The minimum absolute atomic E-state index is 0. The predicted molar refractivity (Wildman–Crippen MR) is 87.6 cm³/mol. The summed E-state index contributed by atoms with van der Waals surface area (Å²) >= 11 is 0. The Kier molecular flexibility index (Phi) is 9.81. The molecular formula is C13H28IN3O. The number of aliphatic imine (C=N–C) groups is 1. The molecule has 1 aliphatic carbocycles. The van der Waals surface area contributed by atoms with Gasteiger partial charge in [-0.25, -0.2) is 0 Å². The van der Waals surface area contributed by atoms with Gasteiger partial charge in [-0.15, -0.1) is 24.0 Å². The monoisotopic (exact) mass is 369 g/mol. The molecular weight excluding hydrogens is 341 g/mol. The van der Waals surface area contributed by atoms with E-state index in [1.165, 1.54) is 0 Å². The molecule has 1 fully saturated rings. The molecule has 1 saturated carbocycles. The average Bonchev–Trinajstić information content (AvgIpc) is 2.68. The van der Waals surface area contributed by atoms with Crippen LogP contribution in [0.2, 0.25) is 0 Å². The first-order valence-electron chi connectivity index (χ1n) is 6.83. The van der Waals surface area contributed by atoms with Crippen molar-refractivity contribution < 1.29 is 5.11 Å². The molecule has 0 heterocycles. The van der Waals surface area contributed by atoms with Gasteiger partial charge in [0.05, 0.1) is 6.10 Å². The van der Waals surface area contributed by atoms with E-state index in [0.29, 0.717) is 11.8 Å². The number of halogens is 1. The number of rotatable bonds is 5. The summed E-state index contributed by atoms with van der Waals surface area (Å²) in [7, 11) is 0. The van der Waals surface area contributed by atoms with Crippen molar-refractivity contribution in [3.05, 3.63) is 0 Å². The highest BCUT2D eigenvalue weighted by molar-refractivity contribution is 14.0. The van der Waals surface area contributed by atoms with Crippen molar-refractivity contribution in [2.75, 3.05) is 19.6 Å². The van der Waals surface area contributed by atoms with E-state index < -0.39 is 0 Å². The summed E-state index contributed by atoms with van der Waals surface area (Å²) < 4.78 is 0. The molecule has 0 aromatic heterocycles. The maximum absolute atomic E-state index is 9.75. The first kappa shape index (κ1) is 18.0. The zero-order chi connectivity index (χ0) is 12.7. The van der Waals surface area contributed by atoms with E-state index in [0.717, 1.165) is 44.9 Å². The van der Waals surface area contributed by atoms with Gasteiger partial charge in [-0.1, -0.05) is 20.3 Å². The van der Waals surface area contributed by atoms with Crippen LogP contribution in [0.3, 0.4) is 0 Å². The topological polar surface area (TPSA) is 56.7 Å². The highest BCUT2D eigenvalue weighted by Gasteiger charge is 2.24. The molecule has 5 heteroatoms. The summed E-state index contributed by atoms with van der Waals surface area (Å²) in [5.41, 5.74) is 0. The Morgan fingerprint density at radius 2 is 2.06 bits per heavy atom. The number of nitrogens with one attached hydrogen (secondary N) is 2. The number of nitrogens with zero attached hydrogens (tertiary/aromatic N) is 1. The number of guanidine groups is 1. The predicted octanol–water partition coefficient (Wildman–Crippen LogP) is 1.98. The van der Waals surface area contributed by atoms with Gasteiger partial charge in [0.1, 0.15) is 0 Å². The van der Waals surface area contributed by atoms with Crippen LogP contribution >= 0.6 is 24.0 Å². The lowest BCUT2D eigenvalue weighted by atomic mass is 10.1. The van der Waals surface area contributed by atoms with Crippen LogP contribution in [-0.2, 0) is 0 Å². The van der Waals surface area contributed by atoms with Gasteiger partial charge in [-0.05, 0) is 25.7 Å². The molecule has 0 radical (unpaired) electrons. The normalized spacial score (nSPS) is 23.9. The molecule has 2 unspecified atom stereocenters. The van der Waals surface area contributed by atoms with E-state index in [2.05, 4.69) is 36.4 Å². The second kappa shape index (κ2) is 9.83. The fourth-order valence-electron chi connectivity index (χ4n) is 2.10. The second-order valence-electron chi connectivity index (χ2n) is 5.25. The lowest BCUT2D eigenvalue weighted by Gasteiger charge is -2.18. The van der Waals surface area contributed by atoms with Crippen LogP contribution in [0, 0.1) is 11.8 Å². The molecule has 4 nitrogen and oxygen atoms in total. The molecule has 0 aromatic rings. The molecule has 0 bridgehead atoms. The van der Waals surface area contributed by atoms with Crippen LogP contribution in [0.5, 0.6) is 0 Å². The van der Waals surface area contributed by atoms with E-state index in [1.54, 1.807) is 0 Å². The molecule has 0 amide bonds. The number of hydrogen-bond donors (Lipinski definition) is 3. The van der Waals surface area contributed by atoms with E-state index in [1.807, 2.05) is 0 Å². The highest BCUT2D eigenvalue weighted by Crippen LogP contribution is 2.24. The van der Waals surface area contributed by atoms with E-state index in [-0.39, 0.29) is 30.1 Å². The molecule has 2 atom stereocenters. The first-order chi connectivity index (χ1) is 8.13. The summed E-state index contributed by atoms with van der Waals surface area (Å²) in [6.07, 6.45) is 3.09. The van der Waals surface area contributed by atoms with Crippen molar-refractivity contribution in [1.82, 2.24) is 10.6 Å². The van der Waals surface area contributed by atoms with Crippen LogP contribution in [-0.4, -0.2) is 36.8 Å². The van der Waals surface area contributed by atoms with E-state index in [4.69, 9.17) is 0 Å². The molecule has 0 aliphatic heterocycles. The van der Waals surface area contributed by atoms with E-state index in [9.17, 15) is 5.11 Å². The van der Waals surface area contributed by atoms with Gasteiger partial charge in [-0.3, -0.25) is 4.99 Å². The van der Waals surface area contributed by atoms with Crippen molar-refractivity contribution in [2.24, 2.45) is 16.8 Å².